The van der Waals surface area contributed by atoms with Crippen molar-refractivity contribution >= 4 is 5.91 Å². The smallest absolute Gasteiger partial charge is 0.240 e. The summed E-state index contributed by atoms with van der Waals surface area (Å²) in [5.41, 5.74) is 1.94. The molecule has 24 heavy (non-hydrogen) atoms. The lowest BCUT2D eigenvalue weighted by Gasteiger charge is -2.25. The van der Waals surface area contributed by atoms with Crippen molar-refractivity contribution < 1.29 is 18.7 Å². The fraction of sp³-hybridized carbons (Fsp3) is 0.316. The monoisotopic (exact) mass is 329 g/mol. The third-order valence-electron chi connectivity index (χ3n) is 4.06. The maximum Gasteiger partial charge on any atom is 0.240 e. The molecule has 2 aromatic carbocycles. The summed E-state index contributed by atoms with van der Waals surface area (Å²) in [5, 5.41) is 2.68. The number of rotatable bonds is 4. The predicted octanol–water partition coefficient (Wildman–Crippen LogP) is 3.43. The van der Waals surface area contributed by atoms with Gasteiger partial charge in [0, 0.05) is 5.56 Å². The summed E-state index contributed by atoms with van der Waals surface area (Å²) in [6, 6.07) is 14.2. The molecule has 4 nitrogen and oxygen atoms in total. The van der Waals surface area contributed by atoms with Crippen molar-refractivity contribution in [2.45, 2.75) is 25.7 Å². The molecule has 1 heterocycles. The van der Waals surface area contributed by atoms with Crippen molar-refractivity contribution in [1.29, 1.82) is 0 Å². The molecule has 0 spiro atoms. The Morgan fingerprint density at radius 3 is 2.54 bits per heavy atom. The Balaban J connectivity index is 1.72. The molecule has 5 heteroatoms. The van der Waals surface area contributed by atoms with Crippen LogP contribution in [0.5, 0.6) is 0 Å². The molecule has 1 atom stereocenters. The van der Waals surface area contributed by atoms with Gasteiger partial charge in [-0.15, -0.1) is 0 Å². The first-order chi connectivity index (χ1) is 11.6. The predicted molar refractivity (Wildman–Crippen MR) is 88.7 cm³/mol. The third kappa shape index (κ3) is 3.80. The molecule has 0 bridgehead atoms. The first-order valence-electron chi connectivity index (χ1n) is 8.03. The van der Waals surface area contributed by atoms with Crippen molar-refractivity contribution in [1.82, 2.24) is 5.32 Å². The molecule has 0 radical (unpaired) electrons. The number of amides is 1. The highest BCUT2D eigenvalue weighted by Gasteiger charge is 2.22. The molecule has 1 aliphatic rings. The van der Waals surface area contributed by atoms with Crippen LogP contribution in [0.3, 0.4) is 0 Å². The lowest BCUT2D eigenvalue weighted by molar-refractivity contribution is -0.197. The molecule has 126 valence electrons. The zero-order chi connectivity index (χ0) is 16.9. The van der Waals surface area contributed by atoms with E-state index in [1.54, 1.807) is 19.1 Å². The van der Waals surface area contributed by atoms with E-state index in [4.69, 9.17) is 9.47 Å². The van der Waals surface area contributed by atoms with E-state index in [1.165, 1.54) is 6.07 Å². The van der Waals surface area contributed by atoms with Gasteiger partial charge in [0.1, 0.15) is 5.82 Å². The van der Waals surface area contributed by atoms with Gasteiger partial charge >= 0.3 is 0 Å². The van der Waals surface area contributed by atoms with Crippen LogP contribution in [0.15, 0.2) is 48.5 Å². The Kier molecular flexibility index (Phi) is 5.23. The largest absolute Gasteiger partial charge is 0.335 e. The highest BCUT2D eigenvalue weighted by Crippen LogP contribution is 2.26. The molecule has 2 aromatic rings. The van der Waals surface area contributed by atoms with Crippen LogP contribution in [0.25, 0.3) is 11.1 Å². The number of carbonyl (C=O) groups excluding carboxylic acids is 1. The van der Waals surface area contributed by atoms with E-state index >= 15 is 0 Å². The van der Waals surface area contributed by atoms with Crippen LogP contribution in [-0.2, 0) is 14.3 Å². The van der Waals surface area contributed by atoms with Gasteiger partial charge in [0.05, 0.1) is 19.1 Å². The Morgan fingerprint density at radius 2 is 1.88 bits per heavy atom. The lowest BCUT2D eigenvalue weighted by atomic mass is 9.96. The minimum atomic E-state index is -0.720. The number of carbonyl (C=O) groups is 1. The Labute approximate surface area is 140 Å². The molecule has 1 aliphatic heterocycles. The van der Waals surface area contributed by atoms with Crippen molar-refractivity contribution in [3.05, 3.63) is 59.9 Å². The maximum atomic E-state index is 14.4. The van der Waals surface area contributed by atoms with Crippen molar-refractivity contribution in [3.63, 3.8) is 0 Å². The minimum absolute atomic E-state index is 0.256. The summed E-state index contributed by atoms with van der Waals surface area (Å²) < 4.78 is 25.1. The molecule has 1 unspecified atom stereocenters. The average molecular weight is 329 g/mol. The zero-order valence-corrected chi connectivity index (χ0v) is 13.5. The van der Waals surface area contributed by atoms with Crippen LogP contribution >= 0.6 is 0 Å². The number of nitrogens with one attached hydrogen (secondary N) is 1. The number of hydrogen-bond acceptors (Lipinski definition) is 3. The van der Waals surface area contributed by atoms with Gasteiger partial charge in [0.2, 0.25) is 12.3 Å². The molecular weight excluding hydrogens is 309 g/mol. The molecule has 1 N–H and O–H groups in total. The van der Waals surface area contributed by atoms with Gasteiger partial charge in [0.15, 0.2) is 0 Å². The van der Waals surface area contributed by atoms with Gasteiger partial charge in [-0.1, -0.05) is 42.5 Å². The van der Waals surface area contributed by atoms with E-state index in [0.29, 0.717) is 24.3 Å². The first kappa shape index (κ1) is 16.6. The van der Waals surface area contributed by atoms with E-state index in [0.717, 1.165) is 12.0 Å². The highest BCUT2D eigenvalue weighted by atomic mass is 19.1. The van der Waals surface area contributed by atoms with E-state index in [9.17, 15) is 9.18 Å². The number of hydrogen-bond donors (Lipinski definition) is 1. The van der Waals surface area contributed by atoms with E-state index in [-0.39, 0.29) is 11.7 Å². The standard InChI is InChI=1S/C19H20FNO3/c1-13(18(22)21-19-23-10-5-11-24-19)15-8-9-16(17(20)12-15)14-6-3-2-4-7-14/h2-4,6-9,12-13,19H,5,10-11H2,1H3,(H,21,22). The third-order valence-corrected chi connectivity index (χ3v) is 4.06. The highest BCUT2D eigenvalue weighted by molar-refractivity contribution is 5.83. The van der Waals surface area contributed by atoms with Gasteiger partial charge < -0.3 is 14.8 Å². The number of ether oxygens (including phenoxy) is 2. The van der Waals surface area contributed by atoms with Crippen molar-refractivity contribution in [3.8, 4) is 11.1 Å². The Bertz CT molecular complexity index is 699. The second kappa shape index (κ2) is 7.55. The van der Waals surface area contributed by atoms with Gasteiger partial charge in [-0.05, 0) is 30.5 Å². The van der Waals surface area contributed by atoms with Crippen LogP contribution in [-0.4, -0.2) is 25.5 Å². The van der Waals surface area contributed by atoms with Crippen LogP contribution in [0.1, 0.15) is 24.8 Å². The van der Waals surface area contributed by atoms with E-state index < -0.39 is 12.3 Å². The van der Waals surface area contributed by atoms with Crippen molar-refractivity contribution in [2.24, 2.45) is 0 Å². The zero-order valence-electron chi connectivity index (χ0n) is 13.5. The molecule has 0 saturated carbocycles. The average Bonchev–Trinajstić information content (AvgIpc) is 2.62. The van der Waals surface area contributed by atoms with Crippen LogP contribution < -0.4 is 5.32 Å². The van der Waals surface area contributed by atoms with Crippen LogP contribution in [0.2, 0.25) is 0 Å². The number of benzene rings is 2. The quantitative estimate of drug-likeness (QED) is 0.935. The SMILES string of the molecule is CC(C(=O)NC1OCCCO1)c1ccc(-c2ccccc2)c(F)c1. The summed E-state index contributed by atoms with van der Waals surface area (Å²) in [6.45, 7) is 2.84. The Hall–Kier alpha value is -2.24. The minimum Gasteiger partial charge on any atom is -0.335 e. The lowest BCUT2D eigenvalue weighted by Crippen LogP contribution is -2.43. The van der Waals surface area contributed by atoms with Crippen molar-refractivity contribution in [2.75, 3.05) is 13.2 Å². The topological polar surface area (TPSA) is 47.6 Å². The van der Waals surface area contributed by atoms with E-state index in [1.807, 2.05) is 30.3 Å². The first-order valence-corrected chi connectivity index (χ1v) is 8.03. The second-order valence-corrected chi connectivity index (χ2v) is 5.76. The fourth-order valence-electron chi connectivity index (χ4n) is 2.62. The van der Waals surface area contributed by atoms with E-state index in [2.05, 4.69) is 5.32 Å². The molecule has 0 aliphatic carbocycles. The molecular formula is C19H20FNO3. The number of halogens is 1. The molecule has 1 saturated heterocycles. The summed E-state index contributed by atoms with van der Waals surface area (Å²) in [5.74, 6) is -1.10. The molecule has 0 aromatic heterocycles. The summed E-state index contributed by atoms with van der Waals surface area (Å²) in [4.78, 5) is 12.3. The molecule has 1 fully saturated rings. The summed E-state index contributed by atoms with van der Waals surface area (Å²) in [6.07, 6.45) is 0.0933. The van der Waals surface area contributed by atoms with Crippen LogP contribution in [0.4, 0.5) is 4.39 Å². The summed E-state index contributed by atoms with van der Waals surface area (Å²) in [7, 11) is 0. The second-order valence-electron chi connectivity index (χ2n) is 5.76. The fourth-order valence-corrected chi connectivity index (χ4v) is 2.62. The molecule has 1 amide bonds. The maximum absolute atomic E-state index is 14.4. The summed E-state index contributed by atoms with van der Waals surface area (Å²) >= 11 is 0. The molecule has 3 rings (SSSR count). The normalized spacial score (nSPS) is 16.6. The van der Waals surface area contributed by atoms with Gasteiger partial charge in [-0.2, -0.15) is 0 Å². The van der Waals surface area contributed by atoms with Gasteiger partial charge in [-0.3, -0.25) is 4.79 Å². The van der Waals surface area contributed by atoms with Crippen LogP contribution in [0, 0.1) is 5.82 Å². The van der Waals surface area contributed by atoms with Gasteiger partial charge in [0.25, 0.3) is 0 Å². The Morgan fingerprint density at radius 1 is 1.17 bits per heavy atom. The van der Waals surface area contributed by atoms with Gasteiger partial charge in [-0.25, -0.2) is 4.39 Å².